The number of anilines is 2. The lowest BCUT2D eigenvalue weighted by molar-refractivity contribution is -0.115. The summed E-state index contributed by atoms with van der Waals surface area (Å²) < 4.78 is 6.37. The van der Waals surface area contributed by atoms with Gasteiger partial charge in [-0.1, -0.05) is 40.2 Å². The normalized spacial score (nSPS) is 13.9. The summed E-state index contributed by atoms with van der Waals surface area (Å²) in [7, 11) is 0. The van der Waals surface area contributed by atoms with Crippen molar-refractivity contribution in [3.8, 4) is 11.3 Å². The molecular weight excluding hydrogens is 432 g/mol. The molecule has 0 unspecified atom stereocenters. The summed E-state index contributed by atoms with van der Waals surface area (Å²) in [6, 6.07) is 19.3. The van der Waals surface area contributed by atoms with E-state index in [-0.39, 0.29) is 5.91 Å². The average Bonchev–Trinajstić information content (AvgIpc) is 2.77. The molecule has 6 nitrogen and oxygen atoms in total. The maximum Gasteiger partial charge on any atom is 0.228 e. The number of nitrogens with one attached hydrogen (secondary N) is 1. The number of hydrogen-bond acceptors (Lipinski definition) is 5. The summed E-state index contributed by atoms with van der Waals surface area (Å²) in [6.45, 7) is 3.11. The number of benzene rings is 2. The summed E-state index contributed by atoms with van der Waals surface area (Å²) in [6.07, 6.45) is 0.337. The Labute approximate surface area is 178 Å². The zero-order chi connectivity index (χ0) is 20.1. The van der Waals surface area contributed by atoms with Crippen molar-refractivity contribution < 1.29 is 9.53 Å². The SMILES string of the molecule is O=C(Cc1ccc(Br)cc1)Nc1ccc(-c2ccc(N3CCOCC3)nn2)cc1. The van der Waals surface area contributed by atoms with Gasteiger partial charge in [-0.3, -0.25) is 4.79 Å². The third-order valence-electron chi connectivity index (χ3n) is 4.73. The molecule has 4 rings (SSSR count). The van der Waals surface area contributed by atoms with Crippen molar-refractivity contribution >= 4 is 33.3 Å². The van der Waals surface area contributed by atoms with Crippen molar-refractivity contribution in [2.75, 3.05) is 36.5 Å². The van der Waals surface area contributed by atoms with Gasteiger partial charge in [-0.05, 0) is 42.0 Å². The molecule has 0 saturated carbocycles. The van der Waals surface area contributed by atoms with Gasteiger partial charge >= 0.3 is 0 Å². The lowest BCUT2D eigenvalue weighted by Crippen LogP contribution is -2.36. The molecule has 1 amide bonds. The smallest absolute Gasteiger partial charge is 0.228 e. The molecule has 0 radical (unpaired) electrons. The van der Waals surface area contributed by atoms with E-state index in [9.17, 15) is 4.79 Å². The van der Waals surface area contributed by atoms with Crippen LogP contribution in [0.25, 0.3) is 11.3 Å². The minimum atomic E-state index is -0.0465. The minimum Gasteiger partial charge on any atom is -0.378 e. The van der Waals surface area contributed by atoms with Crippen LogP contribution >= 0.6 is 15.9 Å². The third-order valence-corrected chi connectivity index (χ3v) is 5.26. The zero-order valence-electron chi connectivity index (χ0n) is 15.8. The number of carbonyl (C=O) groups is 1. The predicted octanol–water partition coefficient (Wildman–Crippen LogP) is 3.92. The van der Waals surface area contributed by atoms with E-state index >= 15 is 0 Å². The van der Waals surface area contributed by atoms with Gasteiger partial charge in [0, 0.05) is 28.8 Å². The summed E-state index contributed by atoms with van der Waals surface area (Å²) in [5.74, 6) is 0.823. The maximum absolute atomic E-state index is 12.3. The molecule has 1 aromatic heterocycles. The number of rotatable bonds is 5. The van der Waals surface area contributed by atoms with Gasteiger partial charge in [-0.15, -0.1) is 10.2 Å². The average molecular weight is 453 g/mol. The number of nitrogens with zero attached hydrogens (tertiary/aromatic N) is 3. The fraction of sp³-hybridized carbons (Fsp3) is 0.227. The number of morpholine rings is 1. The first kappa shape index (κ1) is 19.5. The molecule has 0 aliphatic carbocycles. The van der Waals surface area contributed by atoms with Gasteiger partial charge in [-0.25, -0.2) is 0 Å². The monoisotopic (exact) mass is 452 g/mol. The van der Waals surface area contributed by atoms with Gasteiger partial charge in [0.15, 0.2) is 5.82 Å². The van der Waals surface area contributed by atoms with Crippen molar-refractivity contribution in [2.45, 2.75) is 6.42 Å². The fourth-order valence-electron chi connectivity index (χ4n) is 3.16. The van der Waals surface area contributed by atoms with Gasteiger partial charge in [0.25, 0.3) is 0 Å². The molecule has 1 fully saturated rings. The van der Waals surface area contributed by atoms with E-state index < -0.39 is 0 Å². The van der Waals surface area contributed by atoms with Crippen LogP contribution in [-0.4, -0.2) is 42.4 Å². The Morgan fingerprint density at radius 1 is 0.966 bits per heavy atom. The number of amides is 1. The summed E-state index contributed by atoms with van der Waals surface area (Å²) in [4.78, 5) is 14.4. The molecular formula is C22H21BrN4O2. The first-order valence-corrected chi connectivity index (χ1v) is 10.3. The first-order valence-electron chi connectivity index (χ1n) is 9.48. The Morgan fingerprint density at radius 3 is 2.34 bits per heavy atom. The Hall–Kier alpha value is -2.77. The molecule has 0 atom stereocenters. The van der Waals surface area contributed by atoms with Crippen LogP contribution in [0, 0.1) is 0 Å². The molecule has 2 aromatic carbocycles. The van der Waals surface area contributed by atoms with Crippen LogP contribution < -0.4 is 10.2 Å². The molecule has 2 heterocycles. The summed E-state index contributed by atoms with van der Waals surface area (Å²) in [5.41, 5.74) is 3.48. The molecule has 148 valence electrons. The van der Waals surface area contributed by atoms with E-state index in [1.165, 1.54) is 0 Å². The highest BCUT2D eigenvalue weighted by molar-refractivity contribution is 9.10. The number of aromatic nitrogens is 2. The standard InChI is InChI=1S/C22H21BrN4O2/c23-18-5-1-16(2-6-18)15-22(28)24-19-7-3-17(4-8-19)20-9-10-21(26-25-20)27-11-13-29-14-12-27/h1-10H,11-15H2,(H,24,28). The third kappa shape index (κ3) is 5.19. The van der Waals surface area contributed by atoms with Crippen molar-refractivity contribution in [2.24, 2.45) is 0 Å². The van der Waals surface area contributed by atoms with Crippen LogP contribution in [0.2, 0.25) is 0 Å². The lowest BCUT2D eigenvalue weighted by atomic mass is 10.1. The highest BCUT2D eigenvalue weighted by atomic mass is 79.9. The molecule has 1 saturated heterocycles. The van der Waals surface area contributed by atoms with Crippen molar-refractivity contribution in [1.82, 2.24) is 10.2 Å². The molecule has 0 bridgehead atoms. The minimum absolute atomic E-state index is 0.0465. The zero-order valence-corrected chi connectivity index (χ0v) is 17.4. The van der Waals surface area contributed by atoms with Gasteiger partial charge in [0.05, 0.1) is 25.3 Å². The van der Waals surface area contributed by atoms with E-state index in [1.54, 1.807) is 0 Å². The summed E-state index contributed by atoms with van der Waals surface area (Å²) in [5, 5.41) is 11.6. The van der Waals surface area contributed by atoms with E-state index in [4.69, 9.17) is 4.74 Å². The second kappa shape index (κ2) is 9.15. The van der Waals surface area contributed by atoms with Crippen LogP contribution in [-0.2, 0) is 16.0 Å². The largest absolute Gasteiger partial charge is 0.378 e. The van der Waals surface area contributed by atoms with Crippen LogP contribution in [0.4, 0.5) is 11.5 Å². The highest BCUT2D eigenvalue weighted by Crippen LogP contribution is 2.21. The van der Waals surface area contributed by atoms with Gasteiger partial charge < -0.3 is 15.0 Å². The molecule has 3 aromatic rings. The lowest BCUT2D eigenvalue weighted by Gasteiger charge is -2.27. The van der Waals surface area contributed by atoms with Gasteiger partial charge in [0.2, 0.25) is 5.91 Å². The van der Waals surface area contributed by atoms with Gasteiger partial charge in [0.1, 0.15) is 0 Å². The Balaban J connectivity index is 1.37. The van der Waals surface area contributed by atoms with Crippen LogP contribution in [0.5, 0.6) is 0 Å². The van der Waals surface area contributed by atoms with Crippen LogP contribution in [0.3, 0.4) is 0 Å². The molecule has 7 heteroatoms. The predicted molar refractivity (Wildman–Crippen MR) is 117 cm³/mol. The first-order chi connectivity index (χ1) is 14.2. The number of ether oxygens (including phenoxy) is 1. The highest BCUT2D eigenvalue weighted by Gasteiger charge is 2.13. The van der Waals surface area contributed by atoms with Crippen molar-refractivity contribution in [3.05, 3.63) is 70.7 Å². The molecule has 1 aliphatic rings. The van der Waals surface area contributed by atoms with E-state index in [0.29, 0.717) is 6.42 Å². The Morgan fingerprint density at radius 2 is 1.69 bits per heavy atom. The molecule has 1 aliphatic heterocycles. The van der Waals surface area contributed by atoms with Crippen LogP contribution in [0.1, 0.15) is 5.56 Å². The molecule has 0 spiro atoms. The maximum atomic E-state index is 12.3. The summed E-state index contributed by atoms with van der Waals surface area (Å²) >= 11 is 3.40. The molecule has 29 heavy (non-hydrogen) atoms. The van der Waals surface area contributed by atoms with Crippen molar-refractivity contribution in [1.29, 1.82) is 0 Å². The topological polar surface area (TPSA) is 67.4 Å². The van der Waals surface area contributed by atoms with E-state index in [2.05, 4.69) is 36.3 Å². The Kier molecular flexibility index (Phi) is 6.17. The van der Waals surface area contributed by atoms with Crippen molar-refractivity contribution in [3.63, 3.8) is 0 Å². The second-order valence-electron chi connectivity index (χ2n) is 6.80. The Bertz CT molecular complexity index is 954. The number of halogens is 1. The number of carbonyl (C=O) groups excluding carboxylic acids is 1. The van der Waals surface area contributed by atoms with E-state index in [0.717, 1.165) is 59.1 Å². The second-order valence-corrected chi connectivity index (χ2v) is 7.72. The molecule has 1 N–H and O–H groups in total. The fourth-order valence-corrected chi connectivity index (χ4v) is 3.42. The quantitative estimate of drug-likeness (QED) is 0.635. The van der Waals surface area contributed by atoms with Gasteiger partial charge in [-0.2, -0.15) is 0 Å². The van der Waals surface area contributed by atoms with Crippen LogP contribution in [0.15, 0.2) is 65.1 Å². The van der Waals surface area contributed by atoms with E-state index in [1.807, 2.05) is 60.7 Å². The number of hydrogen-bond donors (Lipinski definition) is 1.